The minimum atomic E-state index is -1.01. The van der Waals surface area contributed by atoms with Gasteiger partial charge in [0, 0.05) is 0 Å². The van der Waals surface area contributed by atoms with Crippen LogP contribution in [0, 0.1) is 0 Å². The van der Waals surface area contributed by atoms with Crippen LogP contribution >= 0.6 is 0 Å². The number of carbonyl (C=O) groups excluding carboxylic acids is 3. The molecule has 11 heteroatoms. The van der Waals surface area contributed by atoms with E-state index in [1.54, 1.807) is 20.8 Å². The van der Waals surface area contributed by atoms with E-state index in [-0.39, 0.29) is 27.7 Å². The van der Waals surface area contributed by atoms with Gasteiger partial charge in [0.2, 0.25) is 0 Å². The molecule has 1 heterocycles. The third kappa shape index (κ3) is 12.6. The Balaban J connectivity index is 2.82. The number of esters is 1. The van der Waals surface area contributed by atoms with Crippen LogP contribution in [0.15, 0.2) is 0 Å². The molecule has 0 spiro atoms. The summed E-state index contributed by atoms with van der Waals surface area (Å²) in [7, 11) is 1.24. The summed E-state index contributed by atoms with van der Waals surface area (Å²) in [5.41, 5.74) is -1.22. The molecule has 2 amide bonds. The van der Waals surface area contributed by atoms with E-state index < -0.39 is 47.0 Å². The van der Waals surface area contributed by atoms with E-state index in [9.17, 15) is 14.4 Å². The fourth-order valence-electron chi connectivity index (χ4n) is 2.71. The molecule has 1 rings (SSSR count). The summed E-state index contributed by atoms with van der Waals surface area (Å²) in [5, 5.41) is 6.37. The summed E-state index contributed by atoms with van der Waals surface area (Å²) in [5.74, 6) is -1.76. The summed E-state index contributed by atoms with van der Waals surface area (Å²) in [4.78, 5) is 37.6. The average molecular weight is 540 g/mol. The summed E-state index contributed by atoms with van der Waals surface area (Å²) < 4.78 is 27.2. The number of carbonyl (C=O) groups is 3. The Morgan fingerprint density at radius 1 is 1.06 bits per heavy atom. The second-order valence-corrected chi connectivity index (χ2v) is 12.4. The first-order valence-electron chi connectivity index (χ1n) is 10.9. The van der Waals surface area contributed by atoms with Crippen molar-refractivity contribution in [2.24, 2.45) is 0 Å². The van der Waals surface area contributed by atoms with Crippen LogP contribution in [0.4, 0.5) is 4.79 Å². The van der Waals surface area contributed by atoms with Crippen LogP contribution in [0.25, 0.3) is 0 Å². The van der Waals surface area contributed by atoms with Gasteiger partial charge in [-0.2, -0.15) is 0 Å². The maximum absolute atomic E-state index is 13.0. The molecule has 0 unspecified atom stereocenters. The first-order valence-corrected chi connectivity index (χ1v) is 13.3. The Morgan fingerprint density at radius 3 is 2.18 bits per heavy atom. The van der Waals surface area contributed by atoms with Gasteiger partial charge in [0.15, 0.2) is 0 Å². The van der Waals surface area contributed by atoms with E-state index >= 15 is 0 Å². The Kier molecular flexibility index (Phi) is 11.1. The van der Waals surface area contributed by atoms with Gasteiger partial charge in [-0.25, -0.2) is 0 Å². The van der Waals surface area contributed by atoms with Crippen LogP contribution in [0.2, 0.25) is 10.6 Å². The molecule has 0 aromatic heterocycles. The van der Waals surface area contributed by atoms with Crippen molar-refractivity contribution in [3.8, 4) is 0 Å². The third-order valence-corrected chi connectivity index (χ3v) is 6.62. The molecule has 10 nitrogen and oxygen atoms in total. The summed E-state index contributed by atoms with van der Waals surface area (Å²) in [6.45, 7) is 14.9. The van der Waals surface area contributed by atoms with Gasteiger partial charge >= 0.3 is 203 Å². The summed E-state index contributed by atoms with van der Waals surface area (Å²) >= 11 is -0.0475. The fraction of sp³-hybridized carbons (Fsp3) is 0.864. The van der Waals surface area contributed by atoms with Crippen molar-refractivity contribution in [1.29, 1.82) is 0 Å². The SMILES string of the molecule is COC(=O)[C@H](COC(C)(C)C)NC(=O)[C@H](C[Se]C[C@H]1COC(C)(C)O1)NC(=O)OC(C)(C)C. The quantitative estimate of drug-likeness (QED) is 0.320. The summed E-state index contributed by atoms with van der Waals surface area (Å²) in [6.07, 6.45) is -0.770. The second kappa shape index (κ2) is 12.4. The van der Waals surface area contributed by atoms with Gasteiger partial charge in [0.1, 0.15) is 0 Å². The van der Waals surface area contributed by atoms with Crippen LogP contribution in [-0.2, 0) is 33.3 Å². The normalized spacial score (nSPS) is 20.0. The minimum absolute atomic E-state index is 0.0475. The molecule has 0 aromatic rings. The standard InChI is InChI=1S/C22H40N2O8Se/c1-20(2,3)29-11-15(18(26)28-9)23-17(25)16(24-19(27)32-21(4,5)6)13-33-12-14-10-30-22(7,8)31-14/h14-16H,10-13H2,1-9H3,(H,23,25)(H,24,27)/t14-,15+,16+/m1/s1. The molecule has 0 radical (unpaired) electrons. The fourth-order valence-corrected chi connectivity index (χ4v) is 4.88. The van der Waals surface area contributed by atoms with Gasteiger partial charge in [-0.3, -0.25) is 0 Å². The van der Waals surface area contributed by atoms with Crippen LogP contribution in [0.3, 0.4) is 0 Å². The van der Waals surface area contributed by atoms with Crippen LogP contribution < -0.4 is 10.6 Å². The van der Waals surface area contributed by atoms with Gasteiger partial charge in [-0.1, -0.05) is 0 Å². The van der Waals surface area contributed by atoms with E-state index in [0.29, 0.717) is 17.2 Å². The second-order valence-electron chi connectivity index (χ2n) is 10.2. The van der Waals surface area contributed by atoms with Gasteiger partial charge in [-0.05, 0) is 0 Å². The number of ether oxygens (including phenoxy) is 5. The van der Waals surface area contributed by atoms with Gasteiger partial charge in [0.25, 0.3) is 0 Å². The molecule has 3 atom stereocenters. The molecule has 33 heavy (non-hydrogen) atoms. The van der Waals surface area contributed by atoms with Crippen molar-refractivity contribution in [3.05, 3.63) is 0 Å². The Hall–Kier alpha value is -1.39. The maximum atomic E-state index is 13.0. The van der Waals surface area contributed by atoms with Crippen molar-refractivity contribution < 1.29 is 38.1 Å². The molecule has 192 valence electrons. The number of rotatable bonds is 10. The molecule has 1 saturated heterocycles. The van der Waals surface area contributed by atoms with Gasteiger partial charge in [-0.15, -0.1) is 0 Å². The average Bonchev–Trinajstić information content (AvgIpc) is 2.99. The monoisotopic (exact) mass is 540 g/mol. The van der Waals surface area contributed by atoms with E-state index in [2.05, 4.69) is 10.6 Å². The topological polar surface area (TPSA) is 121 Å². The molecule has 0 aromatic carbocycles. The van der Waals surface area contributed by atoms with E-state index in [0.717, 1.165) is 0 Å². The van der Waals surface area contributed by atoms with Gasteiger partial charge < -0.3 is 0 Å². The molecule has 1 aliphatic heterocycles. The van der Waals surface area contributed by atoms with Crippen molar-refractivity contribution in [1.82, 2.24) is 10.6 Å². The molecule has 2 N–H and O–H groups in total. The van der Waals surface area contributed by atoms with Crippen molar-refractivity contribution >= 4 is 32.9 Å². The number of hydrogen-bond acceptors (Lipinski definition) is 8. The third-order valence-electron chi connectivity index (χ3n) is 4.15. The summed E-state index contributed by atoms with van der Waals surface area (Å²) in [6, 6.07) is -1.90. The Bertz CT molecular complexity index is 672. The first-order chi connectivity index (χ1) is 15.0. The number of nitrogens with one attached hydrogen (secondary N) is 2. The molecule has 0 bridgehead atoms. The van der Waals surface area contributed by atoms with Crippen LogP contribution in [0.1, 0.15) is 55.4 Å². The number of alkyl carbamates (subject to hydrolysis) is 1. The molecule has 0 aliphatic carbocycles. The van der Waals surface area contributed by atoms with Crippen molar-refractivity contribution in [3.63, 3.8) is 0 Å². The van der Waals surface area contributed by atoms with Crippen LogP contribution in [0.5, 0.6) is 0 Å². The predicted octanol–water partition coefficient (Wildman–Crippen LogP) is 2.04. The van der Waals surface area contributed by atoms with Gasteiger partial charge in [0.05, 0.1) is 0 Å². The zero-order valence-electron chi connectivity index (χ0n) is 21.2. The molecule has 1 aliphatic rings. The van der Waals surface area contributed by atoms with Crippen molar-refractivity contribution in [2.45, 2.75) is 101 Å². The molecule has 1 fully saturated rings. The molecule has 0 saturated carbocycles. The predicted molar refractivity (Wildman–Crippen MR) is 123 cm³/mol. The number of hydrogen-bond donors (Lipinski definition) is 2. The molecular formula is C22H40N2O8Se. The van der Waals surface area contributed by atoms with E-state index in [1.165, 1.54) is 7.11 Å². The van der Waals surface area contributed by atoms with E-state index in [1.807, 2.05) is 34.6 Å². The Labute approximate surface area is 203 Å². The molecular weight excluding hydrogens is 499 g/mol. The van der Waals surface area contributed by atoms with Crippen LogP contribution in [-0.4, -0.2) is 88.4 Å². The van der Waals surface area contributed by atoms with Crippen molar-refractivity contribution in [2.75, 3.05) is 20.3 Å². The number of amides is 2. The van der Waals surface area contributed by atoms with E-state index in [4.69, 9.17) is 23.7 Å². The zero-order valence-corrected chi connectivity index (χ0v) is 22.9. The zero-order chi connectivity index (χ0) is 25.4. The Morgan fingerprint density at radius 2 is 1.70 bits per heavy atom. The first kappa shape index (κ1) is 29.6. The number of methoxy groups -OCH3 is 1.